The molecule has 0 aliphatic rings. The number of carbonyl (C=O) groups excluding carboxylic acids is 2. The number of hydrogen-bond acceptors (Lipinski definition) is 4. The van der Waals surface area contributed by atoms with Gasteiger partial charge in [-0.15, -0.1) is 0 Å². The van der Waals surface area contributed by atoms with Gasteiger partial charge in [0.15, 0.2) is 5.78 Å². The molecule has 2 aromatic rings. The Kier molecular flexibility index (Phi) is 5.32. The van der Waals surface area contributed by atoms with E-state index in [0.717, 1.165) is 0 Å². The van der Waals surface area contributed by atoms with Gasteiger partial charge in [-0.05, 0) is 30.3 Å². The molecule has 0 aliphatic carbocycles. The first kappa shape index (κ1) is 15.8. The van der Waals surface area contributed by atoms with Crippen molar-refractivity contribution >= 4 is 11.7 Å². The summed E-state index contributed by atoms with van der Waals surface area (Å²) in [5.41, 5.74) is 1.31. The van der Waals surface area contributed by atoms with Crippen molar-refractivity contribution in [2.45, 2.75) is 0 Å². The summed E-state index contributed by atoms with van der Waals surface area (Å²) in [6.07, 6.45) is 1.53. The molecule has 0 radical (unpaired) electrons. The fraction of sp³-hybridized carbons (Fsp3) is 0.250. The number of amides is 1. The first-order valence-corrected chi connectivity index (χ1v) is 6.80. The summed E-state index contributed by atoms with van der Waals surface area (Å²) in [5, 5.41) is 2.68. The van der Waals surface area contributed by atoms with E-state index in [9.17, 15) is 9.59 Å². The van der Waals surface area contributed by atoms with Crippen molar-refractivity contribution in [3.8, 4) is 5.75 Å². The fourth-order valence-corrected chi connectivity index (χ4v) is 1.93. The SMILES string of the molecule is COCCNC(=O)c1cc(C(=O)c2ccc(OC)cc2)c[nH]1. The molecular formula is C16H18N2O4. The average Bonchev–Trinajstić information content (AvgIpc) is 3.04. The van der Waals surface area contributed by atoms with Crippen LogP contribution in [0.5, 0.6) is 5.75 Å². The van der Waals surface area contributed by atoms with Crippen molar-refractivity contribution in [1.82, 2.24) is 10.3 Å². The Morgan fingerprint density at radius 3 is 2.50 bits per heavy atom. The minimum atomic E-state index is -0.272. The number of hydrogen-bond donors (Lipinski definition) is 2. The number of nitrogens with one attached hydrogen (secondary N) is 2. The molecular weight excluding hydrogens is 284 g/mol. The van der Waals surface area contributed by atoms with Crippen LogP contribution in [0.3, 0.4) is 0 Å². The molecule has 1 aromatic heterocycles. The Morgan fingerprint density at radius 1 is 1.14 bits per heavy atom. The Balaban J connectivity index is 2.06. The highest BCUT2D eigenvalue weighted by Crippen LogP contribution is 2.15. The number of ketones is 1. The van der Waals surface area contributed by atoms with E-state index in [4.69, 9.17) is 9.47 Å². The Morgan fingerprint density at radius 2 is 1.86 bits per heavy atom. The third kappa shape index (κ3) is 3.73. The highest BCUT2D eigenvalue weighted by atomic mass is 16.5. The Labute approximate surface area is 128 Å². The highest BCUT2D eigenvalue weighted by Gasteiger charge is 2.14. The van der Waals surface area contributed by atoms with E-state index in [1.165, 1.54) is 12.3 Å². The molecule has 0 saturated carbocycles. The lowest BCUT2D eigenvalue weighted by Gasteiger charge is -2.02. The number of ether oxygens (including phenoxy) is 2. The second-order valence-electron chi connectivity index (χ2n) is 4.61. The molecule has 2 rings (SSSR count). The number of aromatic amines is 1. The molecule has 0 bridgehead atoms. The fourth-order valence-electron chi connectivity index (χ4n) is 1.93. The molecule has 22 heavy (non-hydrogen) atoms. The third-order valence-corrected chi connectivity index (χ3v) is 3.13. The monoisotopic (exact) mass is 302 g/mol. The van der Waals surface area contributed by atoms with Crippen LogP contribution < -0.4 is 10.1 Å². The predicted molar refractivity (Wildman–Crippen MR) is 81.4 cm³/mol. The summed E-state index contributed by atoms with van der Waals surface area (Å²) in [5.74, 6) is 0.254. The molecule has 2 N–H and O–H groups in total. The van der Waals surface area contributed by atoms with Gasteiger partial charge in [0, 0.05) is 31.0 Å². The Bertz CT molecular complexity index is 646. The van der Waals surface area contributed by atoms with E-state index >= 15 is 0 Å². The van der Waals surface area contributed by atoms with Gasteiger partial charge in [-0.2, -0.15) is 0 Å². The molecule has 0 atom stereocenters. The van der Waals surface area contributed by atoms with Crippen molar-refractivity contribution in [2.24, 2.45) is 0 Å². The molecule has 6 nitrogen and oxygen atoms in total. The van der Waals surface area contributed by atoms with Gasteiger partial charge >= 0.3 is 0 Å². The zero-order valence-electron chi connectivity index (χ0n) is 12.5. The van der Waals surface area contributed by atoms with Crippen LogP contribution in [0, 0.1) is 0 Å². The zero-order valence-corrected chi connectivity index (χ0v) is 12.5. The summed E-state index contributed by atoms with van der Waals surface area (Å²) in [4.78, 5) is 27.0. The minimum absolute atomic E-state index is 0.158. The molecule has 0 saturated heterocycles. The second-order valence-corrected chi connectivity index (χ2v) is 4.61. The van der Waals surface area contributed by atoms with Crippen LogP contribution in [0.25, 0.3) is 0 Å². The Hall–Kier alpha value is -2.60. The number of H-pyrrole nitrogens is 1. The van der Waals surface area contributed by atoms with Gasteiger partial charge in [0.1, 0.15) is 11.4 Å². The van der Waals surface area contributed by atoms with E-state index in [0.29, 0.717) is 35.7 Å². The van der Waals surface area contributed by atoms with Crippen LogP contribution in [0.2, 0.25) is 0 Å². The van der Waals surface area contributed by atoms with Crippen LogP contribution >= 0.6 is 0 Å². The van der Waals surface area contributed by atoms with Crippen molar-refractivity contribution in [3.05, 3.63) is 53.3 Å². The zero-order chi connectivity index (χ0) is 15.9. The van der Waals surface area contributed by atoms with Gasteiger partial charge < -0.3 is 19.8 Å². The number of carbonyl (C=O) groups is 2. The van der Waals surface area contributed by atoms with Gasteiger partial charge in [-0.25, -0.2) is 0 Å². The van der Waals surface area contributed by atoms with Crippen molar-refractivity contribution in [1.29, 1.82) is 0 Å². The van der Waals surface area contributed by atoms with Gasteiger partial charge in [-0.1, -0.05) is 0 Å². The summed E-state index contributed by atoms with van der Waals surface area (Å²) in [6, 6.07) is 8.35. The normalized spacial score (nSPS) is 10.3. The lowest BCUT2D eigenvalue weighted by Crippen LogP contribution is -2.27. The van der Waals surface area contributed by atoms with E-state index in [-0.39, 0.29) is 11.7 Å². The smallest absolute Gasteiger partial charge is 0.267 e. The quantitative estimate of drug-likeness (QED) is 0.602. The number of rotatable bonds is 7. The van der Waals surface area contributed by atoms with Gasteiger partial charge in [0.05, 0.1) is 13.7 Å². The van der Waals surface area contributed by atoms with Gasteiger partial charge in [0.2, 0.25) is 0 Å². The average molecular weight is 302 g/mol. The van der Waals surface area contributed by atoms with E-state index in [1.807, 2.05) is 0 Å². The van der Waals surface area contributed by atoms with Crippen LogP contribution in [0.15, 0.2) is 36.5 Å². The summed E-state index contributed by atoms with van der Waals surface area (Å²) >= 11 is 0. The summed E-state index contributed by atoms with van der Waals surface area (Å²) < 4.78 is 9.92. The highest BCUT2D eigenvalue weighted by molar-refractivity contribution is 6.10. The first-order valence-electron chi connectivity index (χ1n) is 6.80. The molecule has 1 heterocycles. The standard InChI is InChI=1S/C16H18N2O4/c1-21-8-7-17-16(20)14-9-12(10-18-14)15(19)11-3-5-13(22-2)6-4-11/h3-6,9-10,18H,7-8H2,1-2H3,(H,17,20). The predicted octanol–water partition coefficient (Wildman–Crippen LogP) is 1.63. The van der Waals surface area contributed by atoms with Crippen LogP contribution in [0.4, 0.5) is 0 Å². The topological polar surface area (TPSA) is 80.4 Å². The number of methoxy groups -OCH3 is 2. The summed E-state index contributed by atoms with van der Waals surface area (Å²) in [6.45, 7) is 0.847. The van der Waals surface area contributed by atoms with Gasteiger partial charge in [0.25, 0.3) is 5.91 Å². The molecule has 0 fully saturated rings. The molecule has 1 amide bonds. The molecule has 0 spiro atoms. The van der Waals surface area contributed by atoms with Crippen LogP contribution in [-0.4, -0.2) is 44.0 Å². The number of aromatic nitrogens is 1. The number of benzene rings is 1. The van der Waals surface area contributed by atoms with Crippen LogP contribution in [-0.2, 0) is 4.74 Å². The third-order valence-electron chi connectivity index (χ3n) is 3.13. The maximum absolute atomic E-state index is 12.3. The van der Waals surface area contributed by atoms with Crippen molar-refractivity contribution < 1.29 is 19.1 Å². The first-order chi connectivity index (χ1) is 10.7. The maximum atomic E-state index is 12.3. The molecule has 6 heteroatoms. The molecule has 0 aliphatic heterocycles. The lowest BCUT2D eigenvalue weighted by atomic mass is 10.1. The van der Waals surface area contributed by atoms with E-state index < -0.39 is 0 Å². The lowest BCUT2D eigenvalue weighted by molar-refractivity contribution is 0.0932. The largest absolute Gasteiger partial charge is 0.497 e. The minimum Gasteiger partial charge on any atom is -0.497 e. The van der Waals surface area contributed by atoms with Crippen molar-refractivity contribution in [3.63, 3.8) is 0 Å². The molecule has 1 aromatic carbocycles. The second kappa shape index (κ2) is 7.42. The van der Waals surface area contributed by atoms with Crippen molar-refractivity contribution in [2.75, 3.05) is 27.4 Å². The van der Waals surface area contributed by atoms with E-state index in [1.54, 1.807) is 38.5 Å². The van der Waals surface area contributed by atoms with E-state index in [2.05, 4.69) is 10.3 Å². The summed E-state index contributed by atoms with van der Waals surface area (Å²) in [7, 11) is 3.13. The molecule has 116 valence electrons. The molecule has 0 unspecified atom stereocenters. The van der Waals surface area contributed by atoms with Gasteiger partial charge in [-0.3, -0.25) is 9.59 Å². The van der Waals surface area contributed by atoms with Crippen LogP contribution in [0.1, 0.15) is 26.4 Å². The maximum Gasteiger partial charge on any atom is 0.267 e.